The molecular weight excluding hydrogens is 178 g/mol. The highest BCUT2D eigenvalue weighted by atomic mass is 16.1. The van der Waals surface area contributed by atoms with Crippen LogP contribution in [0.4, 0.5) is 0 Å². The molecule has 0 saturated heterocycles. The third-order valence-electron chi connectivity index (χ3n) is 1.85. The topological polar surface area (TPSA) is 44.4 Å². The molecule has 4 heteroatoms. The van der Waals surface area contributed by atoms with Crippen molar-refractivity contribution in [1.29, 1.82) is 0 Å². The van der Waals surface area contributed by atoms with Crippen LogP contribution >= 0.6 is 0 Å². The van der Waals surface area contributed by atoms with Gasteiger partial charge in [-0.2, -0.15) is 0 Å². The van der Waals surface area contributed by atoms with E-state index in [1.54, 1.807) is 7.05 Å². The van der Waals surface area contributed by atoms with Crippen molar-refractivity contribution in [2.75, 3.05) is 40.8 Å². The van der Waals surface area contributed by atoms with Crippen molar-refractivity contribution in [3.63, 3.8) is 0 Å². The predicted molar refractivity (Wildman–Crippen MR) is 59.3 cm³/mol. The van der Waals surface area contributed by atoms with E-state index in [0.29, 0.717) is 13.1 Å². The van der Waals surface area contributed by atoms with Crippen LogP contribution in [0.5, 0.6) is 0 Å². The average molecular weight is 201 g/mol. The number of rotatable bonds is 6. The van der Waals surface area contributed by atoms with Gasteiger partial charge in [0, 0.05) is 13.1 Å². The third kappa shape index (κ3) is 6.86. The molecule has 1 amide bonds. The minimum atomic E-state index is 0.0549. The maximum Gasteiger partial charge on any atom is 0.233 e. The van der Waals surface area contributed by atoms with Crippen LogP contribution in [0.25, 0.3) is 0 Å². The minimum absolute atomic E-state index is 0.0549. The van der Waals surface area contributed by atoms with Crippen molar-refractivity contribution in [2.24, 2.45) is 5.41 Å². The lowest BCUT2D eigenvalue weighted by Crippen LogP contribution is -2.42. The summed E-state index contributed by atoms with van der Waals surface area (Å²) in [7, 11) is 5.85. The Balaban J connectivity index is 3.80. The zero-order chi connectivity index (χ0) is 11.2. The van der Waals surface area contributed by atoms with Gasteiger partial charge in [0.1, 0.15) is 0 Å². The molecule has 14 heavy (non-hydrogen) atoms. The van der Waals surface area contributed by atoms with Gasteiger partial charge < -0.3 is 15.5 Å². The number of likely N-dealkylation sites (N-methyl/N-ethyl adjacent to an activating group) is 1. The highest BCUT2D eigenvalue weighted by Crippen LogP contribution is 2.13. The molecule has 0 aromatic carbocycles. The Bertz CT molecular complexity index is 178. The molecular formula is C10H23N3O. The molecule has 0 aliphatic carbocycles. The molecule has 0 atom stereocenters. The van der Waals surface area contributed by atoms with Crippen LogP contribution in [0.2, 0.25) is 0 Å². The molecule has 4 nitrogen and oxygen atoms in total. The van der Waals surface area contributed by atoms with Crippen LogP contribution in [-0.4, -0.2) is 51.6 Å². The monoisotopic (exact) mass is 201 g/mol. The first kappa shape index (κ1) is 13.4. The van der Waals surface area contributed by atoms with E-state index in [9.17, 15) is 4.79 Å². The van der Waals surface area contributed by atoms with Crippen LogP contribution < -0.4 is 10.6 Å². The second-order valence-electron chi connectivity index (χ2n) is 4.71. The first-order valence-corrected chi connectivity index (χ1v) is 4.93. The zero-order valence-corrected chi connectivity index (χ0v) is 9.98. The van der Waals surface area contributed by atoms with Gasteiger partial charge in [0.05, 0.1) is 6.54 Å². The molecule has 2 N–H and O–H groups in total. The number of hydrogen-bond donors (Lipinski definition) is 2. The molecule has 0 rings (SSSR count). The Morgan fingerprint density at radius 2 is 1.93 bits per heavy atom. The second-order valence-corrected chi connectivity index (χ2v) is 4.71. The molecule has 0 unspecified atom stereocenters. The molecule has 84 valence electrons. The maximum atomic E-state index is 11.2. The first-order chi connectivity index (χ1) is 6.37. The molecule has 0 aliphatic heterocycles. The summed E-state index contributed by atoms with van der Waals surface area (Å²) in [6.07, 6.45) is 0. The lowest BCUT2D eigenvalue weighted by atomic mass is 9.93. The Labute approximate surface area is 87.0 Å². The van der Waals surface area contributed by atoms with E-state index in [0.717, 1.165) is 6.54 Å². The van der Waals surface area contributed by atoms with Crippen molar-refractivity contribution >= 4 is 5.91 Å². The van der Waals surface area contributed by atoms with Crippen LogP contribution in [0.15, 0.2) is 0 Å². The summed E-state index contributed by atoms with van der Waals surface area (Å²) in [4.78, 5) is 13.3. The molecule has 0 spiro atoms. The molecule has 0 aromatic heterocycles. The van der Waals surface area contributed by atoms with E-state index in [2.05, 4.69) is 29.4 Å². The Morgan fingerprint density at radius 1 is 1.36 bits per heavy atom. The van der Waals surface area contributed by atoms with Gasteiger partial charge in [0.2, 0.25) is 5.91 Å². The summed E-state index contributed by atoms with van der Waals surface area (Å²) in [5, 5.41) is 5.72. The average Bonchev–Trinajstić information content (AvgIpc) is 1.99. The lowest BCUT2D eigenvalue weighted by Gasteiger charge is -2.28. The number of nitrogens with one attached hydrogen (secondary N) is 2. The number of nitrogens with zero attached hydrogens (tertiary/aromatic N) is 1. The zero-order valence-electron chi connectivity index (χ0n) is 9.98. The number of hydrogen-bond acceptors (Lipinski definition) is 3. The molecule has 0 fully saturated rings. The van der Waals surface area contributed by atoms with Crippen LogP contribution in [0.1, 0.15) is 13.8 Å². The maximum absolute atomic E-state index is 11.2. The Morgan fingerprint density at radius 3 is 2.36 bits per heavy atom. The minimum Gasteiger partial charge on any atom is -0.354 e. The highest BCUT2D eigenvalue weighted by Gasteiger charge is 2.19. The summed E-state index contributed by atoms with van der Waals surface area (Å²) in [6.45, 7) is 6.36. The van der Waals surface area contributed by atoms with Gasteiger partial charge in [0.25, 0.3) is 0 Å². The summed E-state index contributed by atoms with van der Waals surface area (Å²) in [6, 6.07) is 0. The summed E-state index contributed by atoms with van der Waals surface area (Å²) < 4.78 is 0. The van der Waals surface area contributed by atoms with Crippen LogP contribution in [0.3, 0.4) is 0 Å². The van der Waals surface area contributed by atoms with Crippen molar-refractivity contribution in [3.05, 3.63) is 0 Å². The quantitative estimate of drug-likeness (QED) is 0.631. The molecule has 0 heterocycles. The van der Waals surface area contributed by atoms with Crippen molar-refractivity contribution in [2.45, 2.75) is 13.8 Å². The smallest absolute Gasteiger partial charge is 0.233 e. The summed E-state index contributed by atoms with van der Waals surface area (Å²) >= 11 is 0. The van der Waals surface area contributed by atoms with Gasteiger partial charge in [-0.05, 0) is 26.6 Å². The van der Waals surface area contributed by atoms with Gasteiger partial charge in [-0.3, -0.25) is 4.79 Å². The van der Waals surface area contributed by atoms with Gasteiger partial charge in [-0.1, -0.05) is 13.8 Å². The summed E-state index contributed by atoms with van der Waals surface area (Å²) in [5.41, 5.74) is 0.118. The second kappa shape index (κ2) is 5.98. The van der Waals surface area contributed by atoms with Crippen molar-refractivity contribution in [1.82, 2.24) is 15.5 Å². The van der Waals surface area contributed by atoms with E-state index in [1.807, 2.05) is 14.1 Å². The number of carbonyl (C=O) groups is 1. The fourth-order valence-electron chi connectivity index (χ4n) is 1.47. The largest absolute Gasteiger partial charge is 0.354 e. The molecule has 0 radical (unpaired) electrons. The van der Waals surface area contributed by atoms with Crippen molar-refractivity contribution in [3.8, 4) is 0 Å². The van der Waals surface area contributed by atoms with E-state index in [-0.39, 0.29) is 11.3 Å². The van der Waals surface area contributed by atoms with E-state index in [4.69, 9.17) is 0 Å². The predicted octanol–water partition coefficient (Wildman–Crippen LogP) is -0.0902. The SMILES string of the molecule is CNCC(=O)NCC(C)(C)CN(C)C. The summed E-state index contributed by atoms with van der Waals surface area (Å²) in [5.74, 6) is 0.0549. The fraction of sp³-hybridized carbons (Fsp3) is 0.900. The molecule has 0 saturated carbocycles. The first-order valence-electron chi connectivity index (χ1n) is 4.93. The van der Waals surface area contributed by atoms with E-state index >= 15 is 0 Å². The Hall–Kier alpha value is -0.610. The van der Waals surface area contributed by atoms with Gasteiger partial charge >= 0.3 is 0 Å². The van der Waals surface area contributed by atoms with Gasteiger partial charge in [-0.15, -0.1) is 0 Å². The molecule has 0 bridgehead atoms. The number of carbonyl (C=O) groups excluding carboxylic acids is 1. The van der Waals surface area contributed by atoms with E-state index in [1.165, 1.54) is 0 Å². The normalized spacial score (nSPS) is 11.9. The van der Waals surface area contributed by atoms with Gasteiger partial charge in [-0.25, -0.2) is 0 Å². The Kier molecular flexibility index (Phi) is 5.72. The standard InChI is InChI=1S/C10H23N3O/c1-10(2,8-13(4)5)7-12-9(14)6-11-3/h11H,6-8H2,1-5H3,(H,12,14). The van der Waals surface area contributed by atoms with E-state index < -0.39 is 0 Å². The molecule has 0 aliphatic rings. The van der Waals surface area contributed by atoms with Crippen LogP contribution in [0, 0.1) is 5.41 Å². The lowest BCUT2D eigenvalue weighted by molar-refractivity contribution is -0.120. The molecule has 0 aromatic rings. The highest BCUT2D eigenvalue weighted by molar-refractivity contribution is 5.77. The van der Waals surface area contributed by atoms with Crippen molar-refractivity contribution < 1.29 is 4.79 Å². The number of amides is 1. The third-order valence-corrected chi connectivity index (χ3v) is 1.85. The fourth-order valence-corrected chi connectivity index (χ4v) is 1.47. The van der Waals surface area contributed by atoms with Gasteiger partial charge in [0.15, 0.2) is 0 Å². The van der Waals surface area contributed by atoms with Crippen LogP contribution in [-0.2, 0) is 4.79 Å².